The van der Waals surface area contributed by atoms with Crippen molar-refractivity contribution in [1.82, 2.24) is 34.0 Å². The van der Waals surface area contributed by atoms with Gasteiger partial charge in [0.05, 0.1) is 28.2 Å². The summed E-state index contributed by atoms with van der Waals surface area (Å²) in [6.45, 7) is 13.0. The number of likely N-dealkylation sites (tertiary alicyclic amines) is 2. The molecule has 0 radical (unpaired) electrons. The number of benzene rings is 11. The maximum Gasteiger partial charge on any atom is 0.373 e. The van der Waals surface area contributed by atoms with Gasteiger partial charge in [-0.05, 0) is 347 Å². The lowest BCUT2D eigenvalue weighted by atomic mass is 9.83. The number of fused-ring (bicyclic) bond motifs is 1. The highest BCUT2D eigenvalue weighted by molar-refractivity contribution is 7.90. The SMILES string of the molecule is C/C(=N\NC(=O)c1cccc(CN2CCCCC2)c1)c1cc(Cl)ccc1O.C[C@H]1C[C@@H]1c1ccc(-c2cccc(O)c2)cc1.C[C@H]1C[C@@H]1c1ccc(NC(=O)c2ccc(O)c3ncccc23)cc1.Cn1cc(-c2ccc(S(=O)(=O)n3ccc(/C=C/C(=O)Nc4ccccc4N)c3)cc2)cn1.NC1CCC(C[C@@H]2C[C@H]2c2ccccc2)CC1.O=C=O.c1ccc(CN2CCC(CCC3C[C@H]3c3ccccc3)CC2)cc1. The molecule has 22 nitrogen and oxygen atoms in total. The number of nitrogens with one attached hydrogen (secondary N) is 3. The summed E-state index contributed by atoms with van der Waals surface area (Å²) < 4.78 is 28.7. The summed E-state index contributed by atoms with van der Waals surface area (Å²) in [5.74, 6) is 8.26. The molecule has 5 saturated carbocycles. The minimum Gasteiger partial charge on any atom is -0.508 e. The normalized spacial score (nSPS) is 19.9. The summed E-state index contributed by atoms with van der Waals surface area (Å²) in [5, 5.41) is 44.2. The highest BCUT2D eigenvalue weighted by Gasteiger charge is 2.41. The first-order chi connectivity index (χ1) is 69.8. The van der Waals surface area contributed by atoms with Crippen LogP contribution in [0.2, 0.25) is 5.02 Å². The Labute approximate surface area is 850 Å². The molecule has 5 heterocycles. The third kappa shape index (κ3) is 30.2. The summed E-state index contributed by atoms with van der Waals surface area (Å²) >= 11 is 5.96. The molecule has 744 valence electrons. The van der Waals surface area contributed by atoms with Crippen molar-refractivity contribution in [3.8, 4) is 39.5 Å². The Hall–Kier alpha value is -14.2. The Kier molecular flexibility index (Phi) is 36.7. The van der Waals surface area contributed by atoms with Crippen LogP contribution in [0.15, 0.2) is 332 Å². The highest BCUT2D eigenvalue weighted by Crippen LogP contribution is 2.54. The van der Waals surface area contributed by atoms with E-state index in [1.165, 1.54) is 169 Å². The first kappa shape index (κ1) is 104. The molecule has 3 amide bonds. The highest BCUT2D eigenvalue weighted by atomic mass is 35.5. The van der Waals surface area contributed by atoms with Crippen LogP contribution in [0.4, 0.5) is 17.1 Å². The monoisotopic (exact) mass is 1970 g/mol. The van der Waals surface area contributed by atoms with Crippen molar-refractivity contribution in [2.75, 3.05) is 42.5 Å². The summed E-state index contributed by atoms with van der Waals surface area (Å²) in [7, 11) is -1.94. The lowest BCUT2D eigenvalue weighted by Gasteiger charge is -2.32. The van der Waals surface area contributed by atoms with Crippen LogP contribution >= 0.6 is 11.6 Å². The van der Waals surface area contributed by atoms with Gasteiger partial charge in [0.1, 0.15) is 22.8 Å². The number of amides is 3. The van der Waals surface area contributed by atoms with Crippen LogP contribution in [0.3, 0.4) is 0 Å². The quantitative estimate of drug-likeness (QED) is 0.0114. The van der Waals surface area contributed by atoms with E-state index in [0.717, 1.165) is 117 Å². The van der Waals surface area contributed by atoms with Crippen LogP contribution in [0.5, 0.6) is 17.2 Å². The van der Waals surface area contributed by atoms with E-state index in [1.54, 1.807) is 138 Å². The molecule has 8 atom stereocenters. The predicted molar refractivity (Wildman–Crippen MR) is 575 cm³/mol. The van der Waals surface area contributed by atoms with Gasteiger partial charge in [0.15, 0.2) is 0 Å². The molecule has 14 aromatic rings. The first-order valence-corrected chi connectivity index (χ1v) is 52.2. The number of aromatic hydroxyl groups is 3. The minimum absolute atomic E-state index is 0.0680. The topological polar surface area (TPSA) is 323 Å². The summed E-state index contributed by atoms with van der Waals surface area (Å²) in [4.78, 5) is 62.8. The zero-order chi connectivity index (χ0) is 101. The molecular weight excluding hydrogens is 1840 g/mol. The van der Waals surface area contributed by atoms with Gasteiger partial charge in [-0.25, -0.2) is 17.8 Å². The number of anilines is 3. The van der Waals surface area contributed by atoms with Crippen LogP contribution in [0.1, 0.15) is 212 Å². The number of pyridine rings is 1. The Balaban J connectivity index is 0.000000131. The molecule has 11 aromatic carbocycles. The second kappa shape index (κ2) is 50.7. The molecule has 3 aromatic heterocycles. The molecule has 2 aliphatic heterocycles. The van der Waals surface area contributed by atoms with Crippen LogP contribution in [-0.4, -0.2) is 114 Å². The van der Waals surface area contributed by atoms with Crippen LogP contribution in [0.25, 0.3) is 39.2 Å². The van der Waals surface area contributed by atoms with Gasteiger partial charge >= 0.3 is 6.15 Å². The molecule has 1 unspecified atom stereocenters. The van der Waals surface area contributed by atoms with Gasteiger partial charge < -0.3 is 37.4 Å². The Bertz CT molecular complexity index is 6800. The number of carbonyl (C=O) groups excluding carboxylic acids is 5. The van der Waals surface area contributed by atoms with E-state index >= 15 is 0 Å². The van der Waals surface area contributed by atoms with Gasteiger partial charge in [0, 0.05) is 95.4 Å². The number of para-hydroxylation sites is 2. The van der Waals surface area contributed by atoms with E-state index in [2.05, 4.69) is 182 Å². The third-order valence-corrected chi connectivity index (χ3v) is 30.5. The average molecular weight is 1970 g/mol. The molecule has 7 aliphatic rings. The van der Waals surface area contributed by atoms with Crippen molar-refractivity contribution < 1.29 is 47.7 Å². The molecule has 0 bridgehead atoms. The lowest BCUT2D eigenvalue weighted by Crippen LogP contribution is -2.33. The first-order valence-electron chi connectivity index (χ1n) is 50.3. The number of hydrogen-bond donors (Lipinski definition) is 8. The van der Waals surface area contributed by atoms with E-state index in [0.29, 0.717) is 73.0 Å². The molecule has 144 heavy (non-hydrogen) atoms. The number of aryl methyl sites for hydroxylation is 1. The van der Waals surface area contributed by atoms with Crippen LogP contribution in [0, 0.1) is 35.5 Å². The van der Waals surface area contributed by atoms with E-state index in [9.17, 15) is 38.1 Å². The van der Waals surface area contributed by atoms with Crippen molar-refractivity contribution in [3.63, 3.8) is 0 Å². The molecule has 21 rings (SSSR count). The molecule has 2 saturated heterocycles. The largest absolute Gasteiger partial charge is 0.508 e. The fraction of sp³-hybridized carbons (Fsp3) is 0.308. The smallest absolute Gasteiger partial charge is 0.373 e. The molecular formula is C120H131ClN12O10S. The van der Waals surface area contributed by atoms with E-state index in [-0.39, 0.29) is 40.3 Å². The number of nitrogens with zero attached hydrogens (tertiary/aromatic N) is 7. The Morgan fingerprint density at radius 2 is 1.12 bits per heavy atom. The molecule has 10 N–H and O–H groups in total. The number of hydrogen-bond acceptors (Lipinski definition) is 17. The molecule has 0 spiro atoms. The van der Waals surface area contributed by atoms with E-state index in [1.807, 2.05) is 55.7 Å². The van der Waals surface area contributed by atoms with E-state index in [4.69, 9.17) is 32.7 Å². The number of phenolic OH excluding ortho intramolecular Hbond substituents is 3. The van der Waals surface area contributed by atoms with Gasteiger partial charge in [0.25, 0.3) is 21.8 Å². The second-order valence-electron chi connectivity index (χ2n) is 39.3. The number of phenols is 3. The second-order valence-corrected chi connectivity index (χ2v) is 41.6. The van der Waals surface area contributed by atoms with Crippen LogP contribution in [-0.2, 0) is 44.5 Å². The maximum atomic E-state index is 12.9. The summed E-state index contributed by atoms with van der Waals surface area (Å²) in [6.07, 6.45) is 32.8. The van der Waals surface area contributed by atoms with Gasteiger partial charge in [-0.15, -0.1) is 0 Å². The Morgan fingerprint density at radius 1 is 0.535 bits per heavy atom. The third-order valence-electron chi connectivity index (χ3n) is 28.6. The fourth-order valence-electron chi connectivity index (χ4n) is 19.8. The Morgan fingerprint density at radius 3 is 1.76 bits per heavy atom. The van der Waals surface area contributed by atoms with Gasteiger partial charge in [-0.3, -0.25) is 33.8 Å². The van der Waals surface area contributed by atoms with E-state index < -0.39 is 10.0 Å². The minimum atomic E-state index is -3.76. The number of piperidine rings is 2. The zero-order valence-electron chi connectivity index (χ0n) is 82.4. The van der Waals surface area contributed by atoms with Crippen molar-refractivity contribution in [3.05, 3.63) is 383 Å². The summed E-state index contributed by atoms with van der Waals surface area (Å²) in [6, 6.07) is 91.9. The number of nitrogen functional groups attached to an aromatic ring is 1. The number of carbonyl (C=O) groups is 3. The molecule has 5 aliphatic carbocycles. The summed E-state index contributed by atoms with van der Waals surface area (Å²) in [5.41, 5.74) is 31.6. The maximum absolute atomic E-state index is 12.9. The van der Waals surface area contributed by atoms with Gasteiger partial charge in [-0.1, -0.05) is 220 Å². The lowest BCUT2D eigenvalue weighted by molar-refractivity contribution is -0.191. The number of rotatable bonds is 25. The molecule has 7 fully saturated rings. The predicted octanol–water partition coefficient (Wildman–Crippen LogP) is 24.6. The number of aromatic nitrogens is 4. The van der Waals surface area contributed by atoms with Gasteiger partial charge in [-0.2, -0.15) is 19.8 Å². The van der Waals surface area contributed by atoms with Gasteiger partial charge in [0.2, 0.25) is 5.91 Å². The standard InChI is InChI=1S/C23H21N5O3S.C23H29N.C21H24ClN3O2.C20H18N2O2.C16H23N.C16H16O.CO2/c1-27-16-19(14-25-27)18-7-9-20(10-8-18)32(30,31)28-13-12-17(15-28)6-11-23(29)26-22-5-3-2-4-21(22)24;1-3-7-20(8-4-1)18-24-15-13-19(14-16-24)11-12-22-17-23(22)21-9-5-2-6-10-21;1-15(19-13-18(22)8-9-20(19)26)23-24-21(27)17-7-5-6-16(12-17)14-25-10-3-2-4-11-25;1-12-11-17(12)13-4-6-14(7-5-13)22-20(24)16-8-9-18(23)19-15(16)3-2-10-21-19;17-15-8-6-12(7-9-15)10-14-11-16(14)13-4-2-1-3-5-13;1-11-9-16(11)13-7-5-12(6-8-13)14-3-2-4-15(17)10-14;2-1-3/h2-16H,24H2,1H3,(H,26,29);1-10,19,22-23H,11-18H2;5-9,12-13,26H,2-4,10-11,14H2,1H3,(H,24,27);2-10,12,17,23H,11H2,1H3,(H,22,24);1-5,12,14-16H,6-11,17H2;2-8,10-11,16-17H,9H2,1H3;/b11-6+;;23-15+;;;;/t;22?,23-;;12-,17-;12?,14-,15?,16+;11-,16-;/m.0.010./s1. The number of halogens is 1. The molecule has 24 heteroatoms. The number of hydrazone groups is 1. The van der Waals surface area contributed by atoms with Crippen molar-refractivity contribution >= 4 is 85.3 Å². The zero-order valence-corrected chi connectivity index (χ0v) is 83.9. The number of nitrogens with two attached hydrogens (primary N) is 2. The van der Waals surface area contributed by atoms with Crippen molar-refractivity contribution in [2.45, 2.75) is 171 Å². The van der Waals surface area contributed by atoms with Crippen molar-refractivity contribution in [1.29, 1.82) is 0 Å². The van der Waals surface area contributed by atoms with Crippen molar-refractivity contribution in [2.24, 2.45) is 53.4 Å². The van der Waals surface area contributed by atoms with Crippen LogP contribution < -0.4 is 27.5 Å². The fourth-order valence-corrected chi connectivity index (χ4v) is 21.1. The average Bonchev–Trinajstić information content (AvgIpc) is 1.25.